The minimum atomic E-state index is -0.502. The molecule has 0 fully saturated rings. The van der Waals surface area contributed by atoms with Gasteiger partial charge >= 0.3 is 5.97 Å². The van der Waals surface area contributed by atoms with Crippen molar-refractivity contribution in [3.05, 3.63) is 12.2 Å². The normalized spacial score (nSPS) is 21.9. The quantitative estimate of drug-likeness (QED) is 0.496. The molecule has 0 saturated carbocycles. The maximum Gasteiger partial charge on any atom is 0.318 e. The molecule has 0 saturated heterocycles. The SMILES string of the molecule is COC(=O)C1C=CC(=O)N=C1. The van der Waals surface area contributed by atoms with Crippen molar-refractivity contribution in [1.29, 1.82) is 0 Å². The fourth-order valence-corrected chi connectivity index (χ4v) is 0.708. The van der Waals surface area contributed by atoms with Crippen LogP contribution >= 0.6 is 0 Å². The molecule has 0 radical (unpaired) electrons. The summed E-state index contributed by atoms with van der Waals surface area (Å²) in [7, 11) is 1.29. The molecule has 4 nitrogen and oxygen atoms in total. The number of hydrogen-bond acceptors (Lipinski definition) is 3. The van der Waals surface area contributed by atoms with E-state index in [9.17, 15) is 9.59 Å². The number of ether oxygens (including phenoxy) is 1. The maximum absolute atomic E-state index is 10.8. The number of carbonyl (C=O) groups excluding carboxylic acids is 2. The second kappa shape index (κ2) is 3.09. The number of hydrogen-bond donors (Lipinski definition) is 0. The first-order valence-electron chi connectivity index (χ1n) is 3.08. The summed E-state index contributed by atoms with van der Waals surface area (Å²) in [6.07, 6.45) is 3.98. The molecule has 58 valence electrons. The van der Waals surface area contributed by atoms with E-state index < -0.39 is 11.9 Å². The van der Waals surface area contributed by atoms with Gasteiger partial charge in [0.15, 0.2) is 0 Å². The Morgan fingerprint density at radius 2 is 2.45 bits per heavy atom. The first kappa shape index (κ1) is 7.65. The second-order valence-corrected chi connectivity index (χ2v) is 2.02. The number of dihydropyridines is 1. The highest BCUT2D eigenvalue weighted by atomic mass is 16.5. The average Bonchev–Trinajstić information content (AvgIpc) is 2.05. The van der Waals surface area contributed by atoms with Gasteiger partial charge in [-0.3, -0.25) is 9.59 Å². The van der Waals surface area contributed by atoms with Crippen LogP contribution in [0.2, 0.25) is 0 Å². The Labute approximate surface area is 63.6 Å². The highest BCUT2D eigenvalue weighted by Crippen LogP contribution is 2.03. The zero-order valence-electron chi connectivity index (χ0n) is 5.98. The Bertz CT molecular complexity index is 226. The minimum absolute atomic E-state index is 0.342. The standard InChI is InChI=1S/C7H7NO3/c1-11-7(10)5-2-3-6(9)8-4-5/h2-5H,1H3. The number of esters is 1. The zero-order valence-corrected chi connectivity index (χ0v) is 5.98. The average molecular weight is 153 g/mol. The van der Waals surface area contributed by atoms with E-state index >= 15 is 0 Å². The number of aliphatic imine (C=N–C) groups is 1. The van der Waals surface area contributed by atoms with E-state index in [1.807, 2.05) is 0 Å². The van der Waals surface area contributed by atoms with E-state index in [0.717, 1.165) is 0 Å². The molecule has 0 aromatic heterocycles. The number of carbonyl (C=O) groups is 2. The highest BCUT2D eigenvalue weighted by molar-refractivity contribution is 6.03. The predicted molar refractivity (Wildman–Crippen MR) is 38.1 cm³/mol. The Hall–Kier alpha value is -1.45. The fourth-order valence-electron chi connectivity index (χ4n) is 0.708. The zero-order chi connectivity index (χ0) is 8.27. The van der Waals surface area contributed by atoms with Crippen LogP contribution in [0.1, 0.15) is 0 Å². The molecule has 0 spiro atoms. The molecule has 0 aromatic carbocycles. The summed E-state index contributed by atoms with van der Waals surface area (Å²) in [6.45, 7) is 0. The Morgan fingerprint density at radius 1 is 1.73 bits per heavy atom. The lowest BCUT2D eigenvalue weighted by Gasteiger charge is -2.05. The van der Waals surface area contributed by atoms with Gasteiger partial charge in [-0.2, -0.15) is 0 Å². The van der Waals surface area contributed by atoms with Gasteiger partial charge in [0.2, 0.25) is 0 Å². The summed E-state index contributed by atoms with van der Waals surface area (Å²) in [6, 6.07) is 0. The van der Waals surface area contributed by atoms with Crippen molar-refractivity contribution in [3.8, 4) is 0 Å². The smallest absolute Gasteiger partial charge is 0.318 e. The minimum Gasteiger partial charge on any atom is -0.468 e. The molecule has 1 atom stereocenters. The molecule has 1 heterocycles. The molecule has 0 aliphatic carbocycles. The lowest BCUT2D eigenvalue weighted by Crippen LogP contribution is -2.18. The molecule has 0 N–H and O–H groups in total. The third-order valence-electron chi connectivity index (χ3n) is 1.28. The largest absolute Gasteiger partial charge is 0.468 e. The van der Waals surface area contributed by atoms with Gasteiger partial charge in [0.1, 0.15) is 5.92 Å². The molecule has 1 rings (SSSR count). The van der Waals surface area contributed by atoms with Gasteiger partial charge in [-0.05, 0) is 0 Å². The monoisotopic (exact) mass is 153 g/mol. The van der Waals surface area contributed by atoms with Crippen LogP contribution in [0.15, 0.2) is 17.1 Å². The number of nitrogens with zero attached hydrogens (tertiary/aromatic N) is 1. The van der Waals surface area contributed by atoms with Crippen LogP contribution in [0.3, 0.4) is 0 Å². The summed E-state index contributed by atoms with van der Waals surface area (Å²) < 4.78 is 4.43. The topological polar surface area (TPSA) is 55.7 Å². The summed E-state index contributed by atoms with van der Waals surface area (Å²) in [5.74, 6) is -1.25. The molecular formula is C7H7NO3. The van der Waals surface area contributed by atoms with Crippen molar-refractivity contribution in [2.24, 2.45) is 10.9 Å². The lowest BCUT2D eigenvalue weighted by molar-refractivity contribution is -0.141. The number of rotatable bonds is 1. The lowest BCUT2D eigenvalue weighted by atomic mass is 10.1. The molecule has 0 bridgehead atoms. The molecule has 1 aliphatic rings. The maximum atomic E-state index is 10.8. The van der Waals surface area contributed by atoms with Crippen molar-refractivity contribution in [2.45, 2.75) is 0 Å². The molecule has 4 heteroatoms. The summed E-state index contributed by atoms with van der Waals surface area (Å²) >= 11 is 0. The number of methoxy groups -OCH3 is 1. The van der Waals surface area contributed by atoms with Gasteiger partial charge < -0.3 is 4.74 Å². The Morgan fingerprint density at radius 3 is 2.91 bits per heavy atom. The number of amides is 1. The molecule has 1 aliphatic heterocycles. The van der Waals surface area contributed by atoms with E-state index in [-0.39, 0.29) is 5.91 Å². The third-order valence-corrected chi connectivity index (χ3v) is 1.28. The van der Waals surface area contributed by atoms with Gasteiger partial charge in [0.25, 0.3) is 5.91 Å². The van der Waals surface area contributed by atoms with E-state index in [1.165, 1.54) is 25.5 Å². The van der Waals surface area contributed by atoms with Crippen LogP contribution < -0.4 is 0 Å². The molecule has 1 unspecified atom stereocenters. The van der Waals surface area contributed by atoms with Crippen molar-refractivity contribution in [3.63, 3.8) is 0 Å². The first-order valence-corrected chi connectivity index (χ1v) is 3.08. The van der Waals surface area contributed by atoms with Crippen LogP contribution in [0.5, 0.6) is 0 Å². The Balaban J connectivity index is 2.65. The van der Waals surface area contributed by atoms with Gasteiger partial charge in [0.05, 0.1) is 7.11 Å². The van der Waals surface area contributed by atoms with Gasteiger partial charge in [0, 0.05) is 12.3 Å². The van der Waals surface area contributed by atoms with E-state index in [2.05, 4.69) is 9.73 Å². The van der Waals surface area contributed by atoms with Gasteiger partial charge in [-0.15, -0.1) is 0 Å². The van der Waals surface area contributed by atoms with E-state index in [4.69, 9.17) is 0 Å². The second-order valence-electron chi connectivity index (χ2n) is 2.02. The molecular weight excluding hydrogens is 146 g/mol. The summed E-state index contributed by atoms with van der Waals surface area (Å²) in [5, 5.41) is 0. The van der Waals surface area contributed by atoms with Crippen molar-refractivity contribution >= 4 is 18.1 Å². The first-order chi connectivity index (χ1) is 5.24. The van der Waals surface area contributed by atoms with Crippen LogP contribution in [0.4, 0.5) is 0 Å². The third kappa shape index (κ3) is 1.73. The van der Waals surface area contributed by atoms with E-state index in [1.54, 1.807) is 0 Å². The van der Waals surface area contributed by atoms with Gasteiger partial charge in [-0.1, -0.05) is 6.08 Å². The molecule has 11 heavy (non-hydrogen) atoms. The molecule has 1 amide bonds. The van der Waals surface area contributed by atoms with Crippen molar-refractivity contribution < 1.29 is 14.3 Å². The van der Waals surface area contributed by atoms with Crippen LogP contribution in [0, 0.1) is 5.92 Å². The fraction of sp³-hybridized carbons (Fsp3) is 0.286. The van der Waals surface area contributed by atoms with E-state index in [0.29, 0.717) is 0 Å². The van der Waals surface area contributed by atoms with Crippen molar-refractivity contribution in [1.82, 2.24) is 0 Å². The van der Waals surface area contributed by atoms with Crippen LogP contribution in [-0.4, -0.2) is 25.2 Å². The molecule has 0 aromatic rings. The highest BCUT2D eigenvalue weighted by Gasteiger charge is 2.16. The van der Waals surface area contributed by atoms with Crippen LogP contribution in [-0.2, 0) is 14.3 Å². The predicted octanol–water partition coefficient (Wildman–Crippen LogP) is -0.0572. The van der Waals surface area contributed by atoms with Crippen molar-refractivity contribution in [2.75, 3.05) is 7.11 Å². The van der Waals surface area contributed by atoms with Crippen LogP contribution in [0.25, 0.3) is 0 Å². The Kier molecular flexibility index (Phi) is 2.15. The summed E-state index contributed by atoms with van der Waals surface area (Å²) in [5.41, 5.74) is 0. The van der Waals surface area contributed by atoms with Gasteiger partial charge in [-0.25, -0.2) is 4.99 Å². The summed E-state index contributed by atoms with van der Waals surface area (Å²) in [4.78, 5) is 24.7.